The number of rotatable bonds is 8. The van der Waals surface area contributed by atoms with E-state index >= 15 is 0 Å². The van der Waals surface area contributed by atoms with Crippen LogP contribution in [0.3, 0.4) is 0 Å². The summed E-state index contributed by atoms with van der Waals surface area (Å²) >= 11 is 0. The zero-order valence-corrected chi connectivity index (χ0v) is 16.7. The van der Waals surface area contributed by atoms with Crippen molar-refractivity contribution in [2.75, 3.05) is 19.3 Å². The Balaban J connectivity index is 1.86. The highest BCUT2D eigenvalue weighted by Gasteiger charge is 2.05. The maximum absolute atomic E-state index is 11.3. The zero-order chi connectivity index (χ0) is 18.8. The third-order valence-corrected chi connectivity index (χ3v) is 5.20. The molecule has 2 N–H and O–H groups in total. The Morgan fingerprint density at radius 3 is 2.46 bits per heavy atom. The summed E-state index contributed by atoms with van der Waals surface area (Å²) < 4.78 is 22.7. The lowest BCUT2D eigenvalue weighted by atomic mass is 9.97. The number of allylic oxidation sites excluding steroid dienone is 1. The fourth-order valence-electron chi connectivity index (χ4n) is 3.03. The Labute approximate surface area is 157 Å². The Morgan fingerprint density at radius 2 is 1.85 bits per heavy atom. The van der Waals surface area contributed by atoms with Gasteiger partial charge in [-0.2, -0.15) is 0 Å². The van der Waals surface area contributed by atoms with E-state index in [2.05, 4.69) is 28.6 Å². The van der Waals surface area contributed by atoms with Gasteiger partial charge in [0.1, 0.15) is 0 Å². The molecule has 0 bridgehead atoms. The van der Waals surface area contributed by atoms with Crippen LogP contribution >= 0.6 is 0 Å². The van der Waals surface area contributed by atoms with Gasteiger partial charge in [0.15, 0.2) is 15.8 Å². The molecule has 1 aromatic rings. The van der Waals surface area contributed by atoms with Crippen molar-refractivity contribution in [3.63, 3.8) is 0 Å². The van der Waals surface area contributed by atoms with Crippen LogP contribution in [0.1, 0.15) is 50.2 Å². The first-order valence-electron chi connectivity index (χ1n) is 9.42. The topological polar surface area (TPSA) is 70.6 Å². The third-order valence-electron chi connectivity index (χ3n) is 4.34. The van der Waals surface area contributed by atoms with Gasteiger partial charge in [-0.05, 0) is 50.2 Å². The van der Waals surface area contributed by atoms with Crippen LogP contribution < -0.4 is 10.6 Å². The molecular weight excluding hydrogens is 346 g/mol. The van der Waals surface area contributed by atoms with Crippen molar-refractivity contribution < 1.29 is 8.42 Å². The van der Waals surface area contributed by atoms with E-state index in [0.29, 0.717) is 6.54 Å². The maximum Gasteiger partial charge on any atom is 0.191 e. The number of nitrogens with zero attached hydrogens (tertiary/aromatic N) is 1. The second kappa shape index (κ2) is 10.4. The van der Waals surface area contributed by atoms with Crippen molar-refractivity contribution in [3.05, 3.63) is 47.0 Å². The van der Waals surface area contributed by atoms with Gasteiger partial charge in [-0.3, -0.25) is 0 Å². The van der Waals surface area contributed by atoms with Crippen LogP contribution in [0.25, 0.3) is 0 Å². The Morgan fingerprint density at radius 1 is 1.12 bits per heavy atom. The first-order chi connectivity index (χ1) is 12.5. The molecule has 144 valence electrons. The van der Waals surface area contributed by atoms with Crippen LogP contribution in [0.5, 0.6) is 0 Å². The van der Waals surface area contributed by atoms with E-state index in [1.807, 2.05) is 24.3 Å². The summed E-state index contributed by atoms with van der Waals surface area (Å²) in [5.74, 6) is 0.903. The highest BCUT2D eigenvalue weighted by molar-refractivity contribution is 7.89. The van der Waals surface area contributed by atoms with Gasteiger partial charge >= 0.3 is 0 Å². The molecule has 0 atom stereocenters. The van der Waals surface area contributed by atoms with Gasteiger partial charge in [-0.15, -0.1) is 0 Å². The van der Waals surface area contributed by atoms with E-state index in [9.17, 15) is 8.42 Å². The van der Waals surface area contributed by atoms with Gasteiger partial charge in [0, 0.05) is 19.3 Å². The molecule has 0 spiro atoms. The summed E-state index contributed by atoms with van der Waals surface area (Å²) in [7, 11) is -2.99. The molecule has 5 nitrogen and oxygen atoms in total. The number of guanidine groups is 1. The molecule has 0 saturated heterocycles. The SMILES string of the molecule is CCNC(=NCc1ccc(CS(C)(=O)=O)cc1)NCCC1=CCCCC1. The summed E-state index contributed by atoms with van der Waals surface area (Å²) in [5.41, 5.74) is 3.43. The van der Waals surface area contributed by atoms with Gasteiger partial charge in [0.25, 0.3) is 0 Å². The Kier molecular flexibility index (Phi) is 8.16. The molecule has 0 aliphatic heterocycles. The normalized spacial score (nSPS) is 15.5. The predicted molar refractivity (Wildman–Crippen MR) is 109 cm³/mol. The van der Waals surface area contributed by atoms with Crippen LogP contribution in [-0.2, 0) is 22.1 Å². The maximum atomic E-state index is 11.3. The lowest BCUT2D eigenvalue weighted by Crippen LogP contribution is -2.37. The lowest BCUT2D eigenvalue weighted by Gasteiger charge is -2.15. The number of nitrogens with one attached hydrogen (secondary N) is 2. The minimum atomic E-state index is -2.99. The molecule has 2 rings (SSSR count). The smallest absolute Gasteiger partial charge is 0.191 e. The Bertz CT molecular complexity index is 722. The van der Waals surface area contributed by atoms with Crippen molar-refractivity contribution in [2.45, 2.75) is 51.3 Å². The lowest BCUT2D eigenvalue weighted by molar-refractivity contribution is 0.601. The average molecular weight is 378 g/mol. The molecule has 0 amide bonds. The average Bonchev–Trinajstić information content (AvgIpc) is 2.60. The van der Waals surface area contributed by atoms with Gasteiger partial charge in [-0.25, -0.2) is 13.4 Å². The molecule has 0 heterocycles. The minimum Gasteiger partial charge on any atom is -0.357 e. The molecule has 0 fully saturated rings. The van der Waals surface area contributed by atoms with E-state index in [1.54, 1.807) is 5.57 Å². The van der Waals surface area contributed by atoms with Gasteiger partial charge in [0.05, 0.1) is 12.3 Å². The number of hydrogen-bond acceptors (Lipinski definition) is 3. The molecule has 1 aliphatic rings. The number of hydrogen-bond donors (Lipinski definition) is 2. The van der Waals surface area contributed by atoms with Crippen LogP contribution in [0.15, 0.2) is 40.9 Å². The van der Waals surface area contributed by atoms with E-state index in [0.717, 1.165) is 36.6 Å². The molecular formula is C20H31N3O2S. The first kappa shape index (κ1) is 20.5. The monoisotopic (exact) mass is 377 g/mol. The van der Waals surface area contributed by atoms with Crippen LogP contribution in [0.2, 0.25) is 0 Å². The van der Waals surface area contributed by atoms with Gasteiger partial charge < -0.3 is 10.6 Å². The highest BCUT2D eigenvalue weighted by atomic mass is 32.2. The van der Waals surface area contributed by atoms with E-state index < -0.39 is 9.84 Å². The molecule has 6 heteroatoms. The summed E-state index contributed by atoms with van der Waals surface area (Å²) in [6, 6.07) is 7.62. The Hall–Kier alpha value is -1.82. The van der Waals surface area contributed by atoms with E-state index in [1.165, 1.54) is 31.9 Å². The van der Waals surface area contributed by atoms with Gasteiger partial charge in [-0.1, -0.05) is 35.9 Å². The van der Waals surface area contributed by atoms with E-state index in [-0.39, 0.29) is 5.75 Å². The fourth-order valence-corrected chi connectivity index (χ4v) is 3.83. The standard InChI is InChI=1S/C20H31N3O2S/c1-3-21-20(22-14-13-17-7-5-4-6-8-17)23-15-18-9-11-19(12-10-18)16-26(2,24)25/h7,9-12H,3-6,8,13-16H2,1-2H3,(H2,21,22,23). The third kappa shape index (κ3) is 8.04. The first-order valence-corrected chi connectivity index (χ1v) is 11.5. The molecule has 1 aliphatic carbocycles. The summed E-state index contributed by atoms with van der Waals surface area (Å²) in [6.45, 7) is 4.34. The van der Waals surface area contributed by atoms with Crippen molar-refractivity contribution in [2.24, 2.45) is 4.99 Å². The predicted octanol–water partition coefficient (Wildman–Crippen LogP) is 3.18. The summed E-state index contributed by atoms with van der Waals surface area (Å²) in [5, 5.41) is 6.67. The largest absolute Gasteiger partial charge is 0.357 e. The van der Waals surface area contributed by atoms with Crippen LogP contribution in [0, 0.1) is 0 Å². The number of aliphatic imine (C=N–C) groups is 1. The fraction of sp³-hybridized carbons (Fsp3) is 0.550. The van der Waals surface area contributed by atoms with Crippen LogP contribution in [-0.4, -0.2) is 33.7 Å². The second-order valence-corrected chi connectivity index (χ2v) is 9.01. The van der Waals surface area contributed by atoms with Crippen molar-refractivity contribution in [3.8, 4) is 0 Å². The van der Waals surface area contributed by atoms with Crippen molar-refractivity contribution in [1.29, 1.82) is 0 Å². The number of benzene rings is 1. The molecule has 1 aromatic carbocycles. The quantitative estimate of drug-likeness (QED) is 0.415. The molecule has 0 aromatic heterocycles. The number of sulfone groups is 1. The molecule has 0 radical (unpaired) electrons. The molecule has 26 heavy (non-hydrogen) atoms. The summed E-state index contributed by atoms with van der Waals surface area (Å²) in [4.78, 5) is 4.63. The highest BCUT2D eigenvalue weighted by Crippen LogP contribution is 2.19. The van der Waals surface area contributed by atoms with Crippen molar-refractivity contribution in [1.82, 2.24) is 10.6 Å². The van der Waals surface area contributed by atoms with Gasteiger partial charge in [0.2, 0.25) is 0 Å². The van der Waals surface area contributed by atoms with Crippen molar-refractivity contribution >= 4 is 15.8 Å². The van der Waals surface area contributed by atoms with E-state index in [4.69, 9.17) is 0 Å². The van der Waals surface area contributed by atoms with Crippen LogP contribution in [0.4, 0.5) is 0 Å². The molecule has 0 unspecified atom stereocenters. The minimum absolute atomic E-state index is 0.0800. The second-order valence-electron chi connectivity index (χ2n) is 6.87. The zero-order valence-electron chi connectivity index (χ0n) is 15.9. The summed E-state index contributed by atoms with van der Waals surface area (Å²) in [6.07, 6.45) is 9.80. The molecule has 0 saturated carbocycles.